The van der Waals surface area contributed by atoms with Gasteiger partial charge in [-0.25, -0.2) is 9.78 Å². The van der Waals surface area contributed by atoms with Gasteiger partial charge in [-0.3, -0.25) is 0 Å². The number of rotatable bonds is 4. The van der Waals surface area contributed by atoms with Crippen LogP contribution >= 0.6 is 11.3 Å². The molecule has 0 saturated carbocycles. The van der Waals surface area contributed by atoms with E-state index >= 15 is 0 Å². The summed E-state index contributed by atoms with van der Waals surface area (Å²) >= 11 is 1.57. The number of benzene rings is 1. The molecule has 6 nitrogen and oxygen atoms in total. The molecule has 0 atom stereocenters. The fourth-order valence-electron chi connectivity index (χ4n) is 1.74. The molecule has 0 aliphatic rings. The van der Waals surface area contributed by atoms with E-state index in [1.807, 2.05) is 18.4 Å². The van der Waals surface area contributed by atoms with E-state index in [1.165, 1.54) is 7.11 Å². The molecular formula is C15H17N3O3S. The van der Waals surface area contributed by atoms with Crippen LogP contribution in [0.25, 0.3) is 11.3 Å². The third kappa shape index (κ3) is 4.11. The van der Waals surface area contributed by atoms with E-state index in [-0.39, 0.29) is 6.10 Å². The second-order valence-corrected chi connectivity index (χ2v) is 5.83. The number of hydrogen-bond acceptors (Lipinski definition) is 6. The molecule has 22 heavy (non-hydrogen) atoms. The molecule has 0 bridgehead atoms. The number of ether oxygens (including phenoxy) is 2. The van der Waals surface area contributed by atoms with Crippen LogP contribution in [0.15, 0.2) is 33.8 Å². The Bertz CT molecular complexity index is 695. The van der Waals surface area contributed by atoms with Crippen LogP contribution in [0.2, 0.25) is 0 Å². The Hall–Kier alpha value is -2.28. The summed E-state index contributed by atoms with van der Waals surface area (Å²) in [5.74, 6) is 0.525. The zero-order valence-electron chi connectivity index (χ0n) is 12.9. The van der Waals surface area contributed by atoms with Crippen LogP contribution in [0, 0.1) is 6.92 Å². The smallest absolute Gasteiger partial charge is 0.452 e. The van der Waals surface area contributed by atoms with Crippen molar-refractivity contribution in [1.29, 1.82) is 0 Å². The molecule has 0 saturated heterocycles. The molecule has 0 aliphatic heterocycles. The Morgan fingerprint density at radius 3 is 2.73 bits per heavy atom. The van der Waals surface area contributed by atoms with Gasteiger partial charge in [0.2, 0.25) is 0 Å². The summed E-state index contributed by atoms with van der Waals surface area (Å²) in [4.78, 5) is 15.9. The van der Waals surface area contributed by atoms with Crippen molar-refractivity contribution in [3.8, 4) is 17.0 Å². The molecular weight excluding hydrogens is 302 g/mol. The fourth-order valence-corrected chi connectivity index (χ4v) is 2.37. The molecule has 1 amide bonds. The quantitative estimate of drug-likeness (QED) is 0.762. The number of amides is 1. The van der Waals surface area contributed by atoms with Crippen LogP contribution in [-0.4, -0.2) is 24.3 Å². The average molecular weight is 319 g/mol. The number of carbonyl (C=O) groups is 1. The van der Waals surface area contributed by atoms with Gasteiger partial charge in [0.05, 0.1) is 23.9 Å². The molecule has 2 rings (SSSR count). The van der Waals surface area contributed by atoms with E-state index < -0.39 is 6.09 Å². The van der Waals surface area contributed by atoms with Crippen molar-refractivity contribution in [2.45, 2.75) is 26.9 Å². The number of methoxy groups -OCH3 is 1. The normalized spacial score (nSPS) is 11.1. The van der Waals surface area contributed by atoms with Gasteiger partial charge in [-0.1, -0.05) is 5.11 Å². The summed E-state index contributed by atoms with van der Waals surface area (Å²) in [6.45, 7) is 5.44. The topological polar surface area (TPSA) is 73.1 Å². The van der Waals surface area contributed by atoms with E-state index in [2.05, 4.69) is 15.2 Å². The predicted octanol–water partition coefficient (Wildman–Crippen LogP) is 4.76. The molecule has 1 aromatic carbocycles. The first-order valence-electron chi connectivity index (χ1n) is 6.72. The summed E-state index contributed by atoms with van der Waals surface area (Å²) in [6.07, 6.45) is -0.968. The molecule has 0 radical (unpaired) electrons. The third-order valence-electron chi connectivity index (χ3n) is 2.67. The molecule has 0 fully saturated rings. The summed E-state index contributed by atoms with van der Waals surface area (Å²) in [6, 6.07) is 5.43. The van der Waals surface area contributed by atoms with Gasteiger partial charge in [-0.2, -0.15) is 0 Å². The number of azo groups is 1. The maximum absolute atomic E-state index is 11.5. The molecule has 0 N–H and O–H groups in total. The molecule has 1 aromatic heterocycles. The van der Waals surface area contributed by atoms with Crippen LogP contribution in [0.5, 0.6) is 5.75 Å². The van der Waals surface area contributed by atoms with Gasteiger partial charge >= 0.3 is 6.09 Å². The van der Waals surface area contributed by atoms with Crippen molar-refractivity contribution < 1.29 is 14.3 Å². The summed E-state index contributed by atoms with van der Waals surface area (Å²) in [5, 5.41) is 10.4. The van der Waals surface area contributed by atoms with E-state index in [9.17, 15) is 4.79 Å². The minimum absolute atomic E-state index is 0.238. The number of nitrogens with zero attached hydrogens (tertiary/aromatic N) is 3. The molecule has 0 aliphatic carbocycles. The van der Waals surface area contributed by atoms with E-state index in [0.29, 0.717) is 11.4 Å². The van der Waals surface area contributed by atoms with Crippen molar-refractivity contribution >= 4 is 23.1 Å². The van der Waals surface area contributed by atoms with Crippen molar-refractivity contribution in [1.82, 2.24) is 4.98 Å². The van der Waals surface area contributed by atoms with Crippen LogP contribution in [0.4, 0.5) is 10.5 Å². The lowest BCUT2D eigenvalue weighted by molar-refractivity contribution is 0.124. The number of aromatic nitrogens is 1. The lowest BCUT2D eigenvalue weighted by Gasteiger charge is -2.06. The molecule has 2 aromatic rings. The van der Waals surface area contributed by atoms with E-state index in [1.54, 1.807) is 37.3 Å². The van der Waals surface area contributed by atoms with E-state index in [4.69, 9.17) is 9.47 Å². The Morgan fingerprint density at radius 1 is 1.36 bits per heavy atom. The molecule has 116 valence electrons. The van der Waals surface area contributed by atoms with E-state index in [0.717, 1.165) is 16.3 Å². The van der Waals surface area contributed by atoms with Gasteiger partial charge in [0.25, 0.3) is 0 Å². The van der Waals surface area contributed by atoms with Gasteiger partial charge < -0.3 is 9.47 Å². The average Bonchev–Trinajstić information content (AvgIpc) is 2.90. The number of hydrogen-bond donors (Lipinski definition) is 0. The molecule has 0 spiro atoms. The molecule has 0 unspecified atom stereocenters. The number of aryl methyl sites for hydroxylation is 1. The second-order valence-electron chi connectivity index (χ2n) is 4.77. The Balaban J connectivity index is 2.29. The first kappa shape index (κ1) is 16.1. The highest BCUT2D eigenvalue weighted by molar-refractivity contribution is 7.09. The fraction of sp³-hybridized carbons (Fsp3) is 0.333. The van der Waals surface area contributed by atoms with Gasteiger partial charge in [0.1, 0.15) is 11.4 Å². The Morgan fingerprint density at radius 2 is 2.14 bits per heavy atom. The van der Waals surface area contributed by atoms with Crippen LogP contribution in [0.1, 0.15) is 18.9 Å². The van der Waals surface area contributed by atoms with Crippen molar-refractivity contribution in [2.24, 2.45) is 10.2 Å². The minimum Gasteiger partial charge on any atom is -0.494 e. The summed E-state index contributed by atoms with van der Waals surface area (Å²) in [7, 11) is 1.54. The molecule has 1 heterocycles. The Kier molecular flexibility index (Phi) is 5.21. The molecule has 7 heteroatoms. The SMILES string of the molecule is COc1ccc(-c2csc(C)n2)cc1N=NC(=O)OC(C)C. The van der Waals surface area contributed by atoms with Crippen molar-refractivity contribution in [3.63, 3.8) is 0 Å². The lowest BCUT2D eigenvalue weighted by Crippen LogP contribution is -2.06. The third-order valence-corrected chi connectivity index (χ3v) is 3.44. The van der Waals surface area contributed by atoms with Crippen molar-refractivity contribution in [2.75, 3.05) is 7.11 Å². The Labute approximate surface area is 132 Å². The number of thiazole rings is 1. The standard InChI is InChI=1S/C15H17N3O3S/c1-9(2)21-15(19)18-17-12-7-11(5-6-14(12)20-4)13-8-22-10(3)16-13/h5-9H,1-4H3. The lowest BCUT2D eigenvalue weighted by atomic mass is 10.1. The number of carbonyl (C=O) groups excluding carboxylic acids is 1. The van der Waals surface area contributed by atoms with Crippen LogP contribution < -0.4 is 4.74 Å². The van der Waals surface area contributed by atoms with Gasteiger partial charge in [0, 0.05) is 10.9 Å². The highest BCUT2D eigenvalue weighted by atomic mass is 32.1. The van der Waals surface area contributed by atoms with Gasteiger partial charge in [0.15, 0.2) is 0 Å². The van der Waals surface area contributed by atoms with Crippen molar-refractivity contribution in [3.05, 3.63) is 28.6 Å². The van der Waals surface area contributed by atoms with Gasteiger partial charge in [-0.05, 0) is 39.0 Å². The minimum atomic E-state index is -0.730. The maximum atomic E-state index is 11.5. The first-order valence-corrected chi connectivity index (χ1v) is 7.60. The van der Waals surface area contributed by atoms with Crippen LogP contribution in [-0.2, 0) is 4.74 Å². The predicted molar refractivity (Wildman–Crippen MR) is 85.0 cm³/mol. The van der Waals surface area contributed by atoms with Crippen LogP contribution in [0.3, 0.4) is 0 Å². The van der Waals surface area contributed by atoms with Gasteiger partial charge in [-0.15, -0.1) is 16.5 Å². The summed E-state index contributed by atoms with van der Waals surface area (Å²) < 4.78 is 10.1. The zero-order chi connectivity index (χ0) is 16.1. The maximum Gasteiger partial charge on any atom is 0.452 e. The first-order chi connectivity index (χ1) is 10.5. The summed E-state index contributed by atoms with van der Waals surface area (Å²) in [5.41, 5.74) is 2.19. The highest BCUT2D eigenvalue weighted by Gasteiger charge is 2.09. The highest BCUT2D eigenvalue weighted by Crippen LogP contribution is 2.33. The monoisotopic (exact) mass is 319 g/mol. The largest absolute Gasteiger partial charge is 0.494 e. The zero-order valence-corrected chi connectivity index (χ0v) is 13.7. The second kappa shape index (κ2) is 7.13.